The highest BCUT2D eigenvalue weighted by molar-refractivity contribution is 5.62. The van der Waals surface area contributed by atoms with Crippen LogP contribution in [0.5, 0.6) is 5.75 Å². The van der Waals surface area contributed by atoms with Crippen LogP contribution >= 0.6 is 0 Å². The third-order valence-corrected chi connectivity index (χ3v) is 2.14. The second kappa shape index (κ2) is 3.18. The molecule has 0 unspecified atom stereocenters. The lowest BCUT2D eigenvalue weighted by molar-refractivity contribution is 0.475. The summed E-state index contributed by atoms with van der Waals surface area (Å²) in [6.07, 6.45) is 0. The van der Waals surface area contributed by atoms with Crippen molar-refractivity contribution in [3.63, 3.8) is 0 Å². The van der Waals surface area contributed by atoms with Gasteiger partial charge >= 0.3 is 0 Å². The van der Waals surface area contributed by atoms with Gasteiger partial charge in [0.05, 0.1) is 5.69 Å². The summed E-state index contributed by atoms with van der Waals surface area (Å²) in [4.78, 5) is 7.52. The zero-order valence-electron chi connectivity index (χ0n) is 8.20. The number of aryl methyl sites for hydroxylation is 2. The molecule has 0 fully saturated rings. The number of aromatic nitrogens is 2. The number of imidazole rings is 1. The lowest BCUT2D eigenvalue weighted by Gasteiger charge is -1.98. The molecule has 0 aliphatic rings. The molecule has 0 bridgehead atoms. The normalized spacial score (nSPS) is 10.4. The van der Waals surface area contributed by atoms with E-state index in [2.05, 4.69) is 9.97 Å². The summed E-state index contributed by atoms with van der Waals surface area (Å²) >= 11 is 0. The van der Waals surface area contributed by atoms with Gasteiger partial charge in [-0.2, -0.15) is 0 Å². The van der Waals surface area contributed by atoms with E-state index in [1.54, 1.807) is 12.1 Å². The lowest BCUT2D eigenvalue weighted by Crippen LogP contribution is -1.80. The number of H-pyrrole nitrogens is 1. The minimum Gasteiger partial charge on any atom is -0.508 e. The Labute approximate surface area is 82.4 Å². The van der Waals surface area contributed by atoms with E-state index in [-0.39, 0.29) is 5.75 Å². The fourth-order valence-electron chi connectivity index (χ4n) is 1.51. The molecule has 0 radical (unpaired) electrons. The van der Waals surface area contributed by atoms with Gasteiger partial charge in [0.15, 0.2) is 0 Å². The van der Waals surface area contributed by atoms with Gasteiger partial charge in [-0.3, -0.25) is 0 Å². The van der Waals surface area contributed by atoms with Crippen LogP contribution in [0.2, 0.25) is 0 Å². The van der Waals surface area contributed by atoms with Crippen LogP contribution in [0.15, 0.2) is 24.3 Å². The van der Waals surface area contributed by atoms with Crippen LogP contribution in [0.4, 0.5) is 0 Å². The van der Waals surface area contributed by atoms with Crippen LogP contribution < -0.4 is 0 Å². The van der Waals surface area contributed by atoms with Crippen molar-refractivity contribution in [1.29, 1.82) is 0 Å². The number of nitrogens with one attached hydrogen (secondary N) is 1. The van der Waals surface area contributed by atoms with E-state index in [1.807, 2.05) is 26.0 Å². The maximum absolute atomic E-state index is 9.15. The summed E-state index contributed by atoms with van der Waals surface area (Å²) in [7, 11) is 0. The Hall–Kier alpha value is -1.77. The van der Waals surface area contributed by atoms with Gasteiger partial charge in [-0.25, -0.2) is 4.98 Å². The van der Waals surface area contributed by atoms with E-state index in [1.165, 1.54) is 0 Å². The van der Waals surface area contributed by atoms with E-state index >= 15 is 0 Å². The largest absolute Gasteiger partial charge is 0.508 e. The summed E-state index contributed by atoms with van der Waals surface area (Å²) in [6.45, 7) is 3.92. The Kier molecular flexibility index (Phi) is 2.00. The van der Waals surface area contributed by atoms with Gasteiger partial charge in [-0.1, -0.05) is 0 Å². The molecule has 1 aromatic heterocycles. The number of hydrogen-bond acceptors (Lipinski definition) is 2. The summed E-state index contributed by atoms with van der Waals surface area (Å²) < 4.78 is 0. The number of benzene rings is 1. The number of phenols is 1. The van der Waals surface area contributed by atoms with Crippen molar-refractivity contribution in [3.8, 4) is 17.0 Å². The first-order valence-corrected chi connectivity index (χ1v) is 4.49. The molecule has 2 N–H and O–H groups in total. The quantitative estimate of drug-likeness (QED) is 0.722. The average Bonchev–Trinajstić information content (AvgIpc) is 2.47. The van der Waals surface area contributed by atoms with E-state index in [9.17, 15) is 0 Å². The Balaban J connectivity index is 2.49. The van der Waals surface area contributed by atoms with Crippen LogP contribution in [0, 0.1) is 13.8 Å². The molecule has 0 saturated heterocycles. The van der Waals surface area contributed by atoms with E-state index in [4.69, 9.17) is 5.11 Å². The smallest absolute Gasteiger partial charge is 0.115 e. The Morgan fingerprint density at radius 3 is 2.29 bits per heavy atom. The molecule has 0 aliphatic heterocycles. The van der Waals surface area contributed by atoms with Gasteiger partial charge < -0.3 is 10.1 Å². The molecule has 0 amide bonds. The maximum atomic E-state index is 9.15. The van der Waals surface area contributed by atoms with Crippen LogP contribution in [0.3, 0.4) is 0 Å². The van der Waals surface area contributed by atoms with Crippen LogP contribution in [0.1, 0.15) is 11.5 Å². The molecule has 0 saturated carbocycles. The topological polar surface area (TPSA) is 48.9 Å². The standard InChI is InChI=1S/C11H12N2O/c1-7-11(13-8(2)12-7)9-3-5-10(14)6-4-9/h3-6,14H,1-2H3,(H,12,13). The number of aromatic hydroxyl groups is 1. The molecule has 2 aromatic rings. The predicted molar refractivity (Wildman–Crippen MR) is 55.2 cm³/mol. The second-order valence-electron chi connectivity index (χ2n) is 3.34. The molecule has 0 spiro atoms. The van der Waals surface area contributed by atoms with Crippen molar-refractivity contribution in [2.45, 2.75) is 13.8 Å². The van der Waals surface area contributed by atoms with Crippen molar-refractivity contribution in [2.75, 3.05) is 0 Å². The average molecular weight is 188 g/mol. The Bertz CT molecular complexity index is 443. The zero-order valence-corrected chi connectivity index (χ0v) is 8.20. The molecular weight excluding hydrogens is 176 g/mol. The number of nitrogens with zero attached hydrogens (tertiary/aromatic N) is 1. The summed E-state index contributed by atoms with van der Waals surface area (Å²) in [6, 6.07) is 7.05. The number of rotatable bonds is 1. The highest BCUT2D eigenvalue weighted by Crippen LogP contribution is 2.22. The number of aromatic amines is 1. The molecule has 0 atom stereocenters. The molecule has 1 aromatic carbocycles. The van der Waals surface area contributed by atoms with Gasteiger partial charge in [-0.15, -0.1) is 0 Å². The molecule has 0 aliphatic carbocycles. The Morgan fingerprint density at radius 2 is 1.79 bits per heavy atom. The van der Waals surface area contributed by atoms with Crippen molar-refractivity contribution in [1.82, 2.24) is 9.97 Å². The first kappa shape index (κ1) is 8.81. The van der Waals surface area contributed by atoms with E-state index < -0.39 is 0 Å². The molecule has 2 rings (SSSR count). The third-order valence-electron chi connectivity index (χ3n) is 2.14. The fraction of sp³-hybridized carbons (Fsp3) is 0.182. The molecular formula is C11H12N2O. The van der Waals surface area contributed by atoms with Gasteiger partial charge in [0.2, 0.25) is 0 Å². The van der Waals surface area contributed by atoms with Crippen molar-refractivity contribution >= 4 is 0 Å². The zero-order chi connectivity index (χ0) is 10.1. The molecule has 3 nitrogen and oxygen atoms in total. The van der Waals surface area contributed by atoms with Gasteiger partial charge in [0, 0.05) is 11.3 Å². The molecule has 1 heterocycles. The molecule has 72 valence electrons. The molecule has 14 heavy (non-hydrogen) atoms. The monoisotopic (exact) mass is 188 g/mol. The van der Waals surface area contributed by atoms with Crippen LogP contribution in [-0.2, 0) is 0 Å². The van der Waals surface area contributed by atoms with Crippen LogP contribution in [0.25, 0.3) is 11.3 Å². The van der Waals surface area contributed by atoms with Gasteiger partial charge in [0.25, 0.3) is 0 Å². The minimum atomic E-state index is 0.277. The summed E-state index contributed by atoms with van der Waals surface area (Å²) in [5, 5.41) is 9.15. The first-order chi connectivity index (χ1) is 6.66. The lowest BCUT2D eigenvalue weighted by atomic mass is 10.1. The number of hydrogen-bond donors (Lipinski definition) is 2. The Morgan fingerprint density at radius 1 is 1.14 bits per heavy atom. The van der Waals surface area contributed by atoms with Crippen molar-refractivity contribution in [3.05, 3.63) is 35.8 Å². The minimum absolute atomic E-state index is 0.277. The van der Waals surface area contributed by atoms with E-state index in [0.29, 0.717) is 0 Å². The fourth-order valence-corrected chi connectivity index (χ4v) is 1.51. The summed E-state index contributed by atoms with van der Waals surface area (Å²) in [5.74, 6) is 1.18. The summed E-state index contributed by atoms with van der Waals surface area (Å²) in [5.41, 5.74) is 3.01. The predicted octanol–water partition coefficient (Wildman–Crippen LogP) is 2.40. The van der Waals surface area contributed by atoms with E-state index in [0.717, 1.165) is 22.8 Å². The number of phenolic OH excluding ortho intramolecular Hbond substituents is 1. The van der Waals surface area contributed by atoms with Crippen LogP contribution in [-0.4, -0.2) is 15.1 Å². The second-order valence-corrected chi connectivity index (χ2v) is 3.34. The first-order valence-electron chi connectivity index (χ1n) is 4.49. The highest BCUT2D eigenvalue weighted by Gasteiger charge is 2.05. The van der Waals surface area contributed by atoms with Gasteiger partial charge in [0.1, 0.15) is 11.6 Å². The highest BCUT2D eigenvalue weighted by atomic mass is 16.3. The molecule has 3 heteroatoms. The van der Waals surface area contributed by atoms with Gasteiger partial charge in [-0.05, 0) is 38.1 Å². The third kappa shape index (κ3) is 1.48. The SMILES string of the molecule is Cc1nc(-c2ccc(O)cc2)c(C)[nH]1. The maximum Gasteiger partial charge on any atom is 0.115 e. The van der Waals surface area contributed by atoms with Crippen molar-refractivity contribution < 1.29 is 5.11 Å². The van der Waals surface area contributed by atoms with Crippen molar-refractivity contribution in [2.24, 2.45) is 0 Å².